The molecule has 0 spiro atoms. The van der Waals surface area contributed by atoms with Crippen molar-refractivity contribution in [3.63, 3.8) is 0 Å². The molecule has 94 valence electrons. The number of hydrogen-bond acceptors (Lipinski definition) is 4. The van der Waals surface area contributed by atoms with Crippen molar-refractivity contribution in [3.8, 4) is 0 Å². The molecule has 0 aliphatic heterocycles. The molecule has 0 aromatic heterocycles. The first-order chi connectivity index (χ1) is 7.35. The number of rotatable bonds is 4. The second kappa shape index (κ2) is 15.8. The van der Waals surface area contributed by atoms with E-state index in [-0.39, 0.29) is 6.61 Å². The highest BCUT2D eigenvalue weighted by atomic mass is 16.4. The van der Waals surface area contributed by atoms with Gasteiger partial charge in [-0.3, -0.25) is 0 Å². The van der Waals surface area contributed by atoms with Gasteiger partial charge in [0.2, 0.25) is 0 Å². The van der Waals surface area contributed by atoms with Crippen LogP contribution in [0.25, 0.3) is 0 Å². The molecular formula is C10H18O6. The second-order valence-corrected chi connectivity index (χ2v) is 2.33. The summed E-state index contributed by atoms with van der Waals surface area (Å²) in [5.41, 5.74) is 0. The van der Waals surface area contributed by atoms with Gasteiger partial charge in [0.15, 0.2) is 0 Å². The highest BCUT2D eigenvalue weighted by molar-refractivity contribution is 5.79. The van der Waals surface area contributed by atoms with Gasteiger partial charge in [-0.15, -0.1) is 0 Å². The minimum Gasteiger partial charge on any atom is -0.478 e. The summed E-state index contributed by atoms with van der Waals surface area (Å²) in [6.07, 6.45) is 1.79. The molecule has 0 aliphatic rings. The normalized spacial score (nSPS) is 9.44. The Morgan fingerprint density at radius 3 is 1.44 bits per heavy atom. The molecule has 0 amide bonds. The molecule has 0 fully saturated rings. The Kier molecular flexibility index (Phi) is 19.6. The Morgan fingerprint density at radius 1 is 1.19 bits per heavy atom. The fraction of sp³-hybridized carbons (Fsp3) is 0.400. The molecule has 0 aliphatic carbocycles. The highest BCUT2D eigenvalue weighted by Gasteiger charge is 1.92. The van der Waals surface area contributed by atoms with Gasteiger partial charge in [-0.2, -0.15) is 0 Å². The third kappa shape index (κ3) is 39.5. The van der Waals surface area contributed by atoms with Crippen LogP contribution < -0.4 is 0 Å². The molecule has 1 atom stereocenters. The minimum absolute atomic E-state index is 0.115. The molecule has 1 unspecified atom stereocenters. The van der Waals surface area contributed by atoms with Gasteiger partial charge in [-0.05, 0) is 6.42 Å². The van der Waals surface area contributed by atoms with Gasteiger partial charge in [-0.25, -0.2) is 9.59 Å². The zero-order valence-electron chi connectivity index (χ0n) is 9.17. The van der Waals surface area contributed by atoms with Crippen molar-refractivity contribution >= 4 is 11.9 Å². The number of carbonyl (C=O) groups is 2. The van der Waals surface area contributed by atoms with Gasteiger partial charge in [0.1, 0.15) is 0 Å². The molecule has 4 N–H and O–H groups in total. The number of carboxylic acids is 2. The lowest BCUT2D eigenvalue weighted by Gasteiger charge is -1.97. The van der Waals surface area contributed by atoms with Gasteiger partial charge in [-0.1, -0.05) is 20.1 Å². The molecule has 6 nitrogen and oxygen atoms in total. The van der Waals surface area contributed by atoms with Gasteiger partial charge >= 0.3 is 11.9 Å². The van der Waals surface area contributed by atoms with Crippen molar-refractivity contribution in [2.24, 2.45) is 0 Å². The van der Waals surface area contributed by atoms with Crippen molar-refractivity contribution in [2.75, 3.05) is 6.61 Å². The van der Waals surface area contributed by atoms with Crippen LogP contribution in [0, 0.1) is 0 Å². The van der Waals surface area contributed by atoms with E-state index in [0.29, 0.717) is 6.42 Å². The maximum atomic E-state index is 9.25. The van der Waals surface area contributed by atoms with Crippen molar-refractivity contribution in [1.82, 2.24) is 0 Å². The number of aliphatic carboxylic acids is 2. The quantitative estimate of drug-likeness (QED) is 0.519. The van der Waals surface area contributed by atoms with Gasteiger partial charge in [0.25, 0.3) is 0 Å². The Balaban J connectivity index is -0.000000160. The first-order valence-corrected chi connectivity index (χ1v) is 4.35. The van der Waals surface area contributed by atoms with E-state index < -0.39 is 18.0 Å². The van der Waals surface area contributed by atoms with Crippen LogP contribution in [0.1, 0.15) is 13.3 Å². The van der Waals surface area contributed by atoms with E-state index in [1.807, 2.05) is 6.92 Å². The second-order valence-electron chi connectivity index (χ2n) is 2.33. The Labute approximate surface area is 94.2 Å². The summed E-state index contributed by atoms with van der Waals surface area (Å²) < 4.78 is 0. The Morgan fingerprint density at radius 2 is 1.44 bits per heavy atom. The number of aliphatic hydroxyl groups excluding tert-OH is 2. The molecule has 0 bridgehead atoms. The van der Waals surface area contributed by atoms with Gasteiger partial charge < -0.3 is 20.4 Å². The van der Waals surface area contributed by atoms with E-state index in [2.05, 4.69) is 13.2 Å². The molecule has 16 heavy (non-hydrogen) atoms. The third-order valence-electron chi connectivity index (χ3n) is 1.03. The fourth-order valence-corrected chi connectivity index (χ4v) is 0.129. The summed E-state index contributed by atoms with van der Waals surface area (Å²) in [6.45, 7) is 7.63. The SMILES string of the molecule is C=CC(=O)O.C=CC(=O)O.CCC(O)CO. The smallest absolute Gasteiger partial charge is 0.327 e. The standard InChI is InChI=1S/C4H10O2.2C3H4O2/c1-2-4(6)3-5;2*1-2-3(4)5/h4-6H,2-3H2,1H3;2*2H,1H2,(H,4,5). The lowest BCUT2D eigenvalue weighted by molar-refractivity contribution is -0.132. The maximum Gasteiger partial charge on any atom is 0.327 e. The first-order valence-electron chi connectivity index (χ1n) is 4.35. The zero-order valence-corrected chi connectivity index (χ0v) is 9.17. The third-order valence-corrected chi connectivity index (χ3v) is 1.03. The summed E-state index contributed by atoms with van der Waals surface area (Å²) in [7, 11) is 0. The van der Waals surface area contributed by atoms with Crippen LogP contribution in [-0.4, -0.2) is 45.1 Å². The van der Waals surface area contributed by atoms with Gasteiger partial charge in [0.05, 0.1) is 12.7 Å². The summed E-state index contributed by atoms with van der Waals surface area (Å²) in [5, 5.41) is 31.7. The average molecular weight is 234 g/mol. The van der Waals surface area contributed by atoms with E-state index >= 15 is 0 Å². The highest BCUT2D eigenvalue weighted by Crippen LogP contribution is 1.83. The molecule has 0 aromatic rings. The molecule has 0 saturated carbocycles. The van der Waals surface area contributed by atoms with E-state index in [1.54, 1.807) is 0 Å². The summed E-state index contributed by atoms with van der Waals surface area (Å²) in [5.74, 6) is -1.96. The van der Waals surface area contributed by atoms with Crippen LogP contribution in [0.5, 0.6) is 0 Å². The average Bonchev–Trinajstić information content (AvgIpc) is 2.29. The summed E-state index contributed by atoms with van der Waals surface area (Å²) in [4.78, 5) is 18.5. The molecule has 0 aromatic carbocycles. The van der Waals surface area contributed by atoms with Crippen molar-refractivity contribution < 1.29 is 30.0 Å². The largest absolute Gasteiger partial charge is 0.478 e. The van der Waals surface area contributed by atoms with Crippen LogP contribution >= 0.6 is 0 Å². The Hall–Kier alpha value is -1.66. The molecule has 6 heteroatoms. The van der Waals surface area contributed by atoms with Crippen LogP contribution in [0.3, 0.4) is 0 Å². The monoisotopic (exact) mass is 234 g/mol. The van der Waals surface area contributed by atoms with E-state index in [1.165, 1.54) is 0 Å². The number of hydrogen-bond donors (Lipinski definition) is 4. The topological polar surface area (TPSA) is 115 Å². The van der Waals surface area contributed by atoms with Crippen LogP contribution in [0.4, 0.5) is 0 Å². The Bertz CT molecular complexity index is 189. The minimum atomic E-state index is -0.981. The molecular weight excluding hydrogens is 216 g/mol. The summed E-state index contributed by atoms with van der Waals surface area (Å²) >= 11 is 0. The molecule has 0 rings (SSSR count). The molecule has 0 heterocycles. The van der Waals surface area contributed by atoms with Crippen LogP contribution in [0.15, 0.2) is 25.3 Å². The zero-order chi connectivity index (χ0) is 13.6. The molecule has 0 radical (unpaired) electrons. The number of carboxylic acid groups (broad SMARTS) is 2. The molecule has 0 saturated heterocycles. The maximum absolute atomic E-state index is 9.25. The van der Waals surface area contributed by atoms with Crippen LogP contribution in [-0.2, 0) is 9.59 Å². The lowest BCUT2D eigenvalue weighted by Crippen LogP contribution is -2.08. The fourth-order valence-electron chi connectivity index (χ4n) is 0.129. The predicted octanol–water partition coefficient (Wildman–Crippen LogP) is 0.264. The lowest BCUT2D eigenvalue weighted by atomic mass is 10.3. The van der Waals surface area contributed by atoms with Crippen LogP contribution in [0.2, 0.25) is 0 Å². The van der Waals surface area contributed by atoms with Crippen molar-refractivity contribution in [2.45, 2.75) is 19.4 Å². The van der Waals surface area contributed by atoms with Crippen molar-refractivity contribution in [3.05, 3.63) is 25.3 Å². The first kappa shape index (κ1) is 19.8. The van der Waals surface area contributed by atoms with E-state index in [0.717, 1.165) is 12.2 Å². The number of aliphatic hydroxyl groups is 2. The van der Waals surface area contributed by atoms with E-state index in [9.17, 15) is 9.59 Å². The van der Waals surface area contributed by atoms with Gasteiger partial charge in [0, 0.05) is 12.2 Å². The summed E-state index contributed by atoms with van der Waals surface area (Å²) in [6, 6.07) is 0. The van der Waals surface area contributed by atoms with Crippen molar-refractivity contribution in [1.29, 1.82) is 0 Å². The van der Waals surface area contributed by atoms with E-state index in [4.69, 9.17) is 20.4 Å². The predicted molar refractivity (Wildman–Crippen MR) is 59.0 cm³/mol.